The average molecular weight is 568 g/mol. The van der Waals surface area contributed by atoms with Crippen LogP contribution in [0.15, 0.2) is 60.9 Å². The Kier molecular flexibility index (Phi) is 7.52. The molecule has 6 rings (SSSR count). The van der Waals surface area contributed by atoms with Gasteiger partial charge in [0.25, 0.3) is 5.91 Å². The van der Waals surface area contributed by atoms with Crippen molar-refractivity contribution in [3.05, 3.63) is 78.0 Å². The molecule has 2 aromatic heterocycles. The maximum absolute atomic E-state index is 13.8. The van der Waals surface area contributed by atoms with E-state index in [0.717, 1.165) is 52.6 Å². The minimum atomic E-state index is -1.02. The molecule has 0 radical (unpaired) electrons. The summed E-state index contributed by atoms with van der Waals surface area (Å²) < 4.78 is 22.2. The van der Waals surface area contributed by atoms with E-state index >= 15 is 0 Å². The minimum Gasteiger partial charge on any atom is -0.462 e. The van der Waals surface area contributed by atoms with Gasteiger partial charge in [0.05, 0.1) is 11.1 Å². The molecule has 0 unspecified atom stereocenters. The van der Waals surface area contributed by atoms with Gasteiger partial charge in [-0.1, -0.05) is 43.0 Å². The number of likely N-dealkylation sites (tertiary alicyclic amines) is 1. The van der Waals surface area contributed by atoms with Crippen molar-refractivity contribution in [2.75, 3.05) is 51.3 Å². The van der Waals surface area contributed by atoms with Crippen LogP contribution in [0.3, 0.4) is 0 Å². The number of carbonyl (C=O) groups is 1. The van der Waals surface area contributed by atoms with Crippen LogP contribution in [0.2, 0.25) is 0 Å². The van der Waals surface area contributed by atoms with Gasteiger partial charge in [-0.25, -0.2) is 11.0 Å². The molecule has 2 aromatic carbocycles. The molecule has 2 aliphatic rings. The second kappa shape index (κ2) is 11.4. The summed E-state index contributed by atoms with van der Waals surface area (Å²) in [5.74, 6) is -1.10. The second-order valence-corrected chi connectivity index (χ2v) is 11.1. The molecule has 1 amide bonds. The van der Waals surface area contributed by atoms with Crippen molar-refractivity contribution >= 4 is 33.5 Å². The molecule has 42 heavy (non-hydrogen) atoms. The van der Waals surface area contributed by atoms with Gasteiger partial charge in [0, 0.05) is 36.8 Å². The number of likely N-dealkylation sites (N-methyl/N-ethyl adjacent to an activating group) is 1. The fourth-order valence-electron chi connectivity index (χ4n) is 6.27. The number of hydrogen-bond acceptors (Lipinski definition) is 6. The summed E-state index contributed by atoms with van der Waals surface area (Å²) in [6.45, 7) is 15.3. The van der Waals surface area contributed by atoms with Gasteiger partial charge < -0.3 is 24.3 Å². The highest BCUT2D eigenvalue weighted by molar-refractivity contribution is 5.96. The number of carbonyl (C=O) groups excluding carboxylic acids is 1. The monoisotopic (exact) mass is 567 g/mol. The molecule has 2 saturated heterocycles. The smallest absolute Gasteiger partial charge is 0.320 e. The first-order chi connectivity index (χ1) is 20.4. The highest BCUT2D eigenvalue weighted by Crippen LogP contribution is 2.35. The normalized spacial score (nSPS) is 19.4. The second-order valence-electron chi connectivity index (χ2n) is 11.1. The Morgan fingerprint density at radius 3 is 2.69 bits per heavy atom. The van der Waals surface area contributed by atoms with Crippen LogP contribution in [0, 0.1) is 13.5 Å². The van der Waals surface area contributed by atoms with Gasteiger partial charge in [0.2, 0.25) is 6.54 Å². The van der Waals surface area contributed by atoms with Gasteiger partial charge in [0.1, 0.15) is 18.5 Å². The Labute approximate surface area is 244 Å². The number of nitrogens with zero attached hydrogens (tertiary/aromatic N) is 7. The fourth-order valence-corrected chi connectivity index (χ4v) is 6.27. The third-order valence-corrected chi connectivity index (χ3v) is 8.46. The molecule has 0 aliphatic carbocycles. The van der Waals surface area contributed by atoms with Crippen LogP contribution in [-0.4, -0.2) is 88.7 Å². The highest BCUT2D eigenvalue weighted by atomic mass is 19.1. The van der Waals surface area contributed by atoms with E-state index in [0.29, 0.717) is 31.6 Å². The van der Waals surface area contributed by atoms with Crippen molar-refractivity contribution in [1.82, 2.24) is 24.3 Å². The highest BCUT2D eigenvalue weighted by Gasteiger charge is 2.35. The van der Waals surface area contributed by atoms with Crippen LogP contribution in [0.4, 0.5) is 10.2 Å². The summed E-state index contributed by atoms with van der Waals surface area (Å²) in [6.07, 6.45) is 2.20. The summed E-state index contributed by atoms with van der Waals surface area (Å²) >= 11 is 0. The Balaban J connectivity index is 1.45. The Morgan fingerprint density at radius 2 is 1.93 bits per heavy atom. The average Bonchev–Trinajstić information content (AvgIpc) is 3.56. The van der Waals surface area contributed by atoms with Crippen molar-refractivity contribution in [3.63, 3.8) is 0 Å². The number of piperazine rings is 1. The SMILES string of the molecule is [C-]#[N+]C[C@H]1CN(c2nc(OC[C@@H]3CCCN3C)nc3c2cc(C)n3-c2cccc3ccccc23)CCN1C(=O)C(=C)F. The van der Waals surface area contributed by atoms with E-state index in [2.05, 4.69) is 63.2 Å². The zero-order valence-corrected chi connectivity index (χ0v) is 24.0. The molecule has 0 bridgehead atoms. The van der Waals surface area contributed by atoms with E-state index in [1.165, 1.54) is 4.90 Å². The number of halogens is 1. The number of anilines is 1. The Morgan fingerprint density at radius 1 is 1.12 bits per heavy atom. The van der Waals surface area contributed by atoms with Crippen LogP contribution < -0.4 is 9.64 Å². The van der Waals surface area contributed by atoms with Crippen molar-refractivity contribution in [3.8, 4) is 11.7 Å². The fraction of sp³-hybridized carbons (Fsp3) is 0.375. The standard InChI is InChI=1S/C32H34FN7O2/c1-21-17-27-29(38-15-16-39(31(41)22(2)33)25(19-38)18-34-3)35-32(42-20-24-11-8-14-37(24)4)36-30(27)40(21)28-13-7-10-23-9-5-6-12-26(23)28/h5-7,9-10,12-13,17,24-25H,2,8,11,14-16,18-20H2,1,4H3/t24-,25-/m0/s1. The van der Waals surface area contributed by atoms with Crippen molar-refractivity contribution in [2.24, 2.45) is 0 Å². The van der Waals surface area contributed by atoms with Gasteiger partial charge in [-0.2, -0.15) is 9.97 Å². The molecule has 2 atom stereocenters. The number of ether oxygens (including phenoxy) is 1. The predicted molar refractivity (Wildman–Crippen MR) is 162 cm³/mol. The number of fused-ring (bicyclic) bond motifs is 2. The number of aryl methyl sites for hydroxylation is 1. The first-order valence-electron chi connectivity index (χ1n) is 14.3. The third-order valence-electron chi connectivity index (χ3n) is 8.46. The molecule has 9 nitrogen and oxygen atoms in total. The molecule has 0 saturated carbocycles. The van der Waals surface area contributed by atoms with Crippen molar-refractivity contribution in [2.45, 2.75) is 31.8 Å². The third kappa shape index (κ3) is 5.05. The van der Waals surface area contributed by atoms with Gasteiger partial charge >= 0.3 is 6.01 Å². The van der Waals surface area contributed by atoms with Crippen LogP contribution in [0.5, 0.6) is 6.01 Å². The van der Waals surface area contributed by atoms with Crippen LogP contribution in [0.1, 0.15) is 18.5 Å². The van der Waals surface area contributed by atoms with E-state index in [4.69, 9.17) is 21.3 Å². The first-order valence-corrected chi connectivity index (χ1v) is 14.3. The molecule has 0 N–H and O–H groups in total. The largest absolute Gasteiger partial charge is 0.462 e. The van der Waals surface area contributed by atoms with Gasteiger partial charge in [0.15, 0.2) is 11.5 Å². The lowest BCUT2D eigenvalue weighted by Gasteiger charge is -2.39. The van der Waals surface area contributed by atoms with Crippen molar-refractivity contribution in [1.29, 1.82) is 0 Å². The Bertz CT molecular complexity index is 1710. The quantitative estimate of drug-likeness (QED) is 0.237. The summed E-state index contributed by atoms with van der Waals surface area (Å²) in [4.78, 5) is 31.7. The minimum absolute atomic E-state index is 0.0527. The van der Waals surface area contributed by atoms with Crippen LogP contribution in [-0.2, 0) is 4.79 Å². The molecule has 216 valence electrons. The van der Waals surface area contributed by atoms with E-state index < -0.39 is 17.8 Å². The number of rotatable bonds is 7. The molecule has 4 heterocycles. The zero-order valence-electron chi connectivity index (χ0n) is 24.0. The topological polar surface area (TPSA) is 71.1 Å². The molecule has 2 fully saturated rings. The molecular weight excluding hydrogens is 533 g/mol. The number of benzene rings is 2. The maximum atomic E-state index is 13.8. The van der Waals surface area contributed by atoms with E-state index in [1.54, 1.807) is 0 Å². The van der Waals surface area contributed by atoms with Gasteiger partial charge in [-0.3, -0.25) is 9.36 Å². The summed E-state index contributed by atoms with van der Waals surface area (Å²) in [6, 6.07) is 16.6. The molecule has 4 aromatic rings. The zero-order chi connectivity index (χ0) is 29.4. The van der Waals surface area contributed by atoms with Gasteiger partial charge in [-0.15, -0.1) is 0 Å². The maximum Gasteiger partial charge on any atom is 0.320 e. The van der Waals surface area contributed by atoms with E-state index in [9.17, 15) is 9.18 Å². The lowest BCUT2D eigenvalue weighted by Crippen LogP contribution is -2.56. The summed E-state index contributed by atoms with van der Waals surface area (Å²) in [7, 11) is 2.11. The first kappa shape index (κ1) is 27.7. The van der Waals surface area contributed by atoms with E-state index in [1.807, 2.05) is 25.1 Å². The summed E-state index contributed by atoms with van der Waals surface area (Å²) in [5.41, 5.74) is 2.72. The lowest BCUT2D eigenvalue weighted by molar-refractivity contribution is -0.131. The van der Waals surface area contributed by atoms with E-state index in [-0.39, 0.29) is 19.1 Å². The molecule has 0 spiro atoms. The van der Waals surface area contributed by atoms with Crippen LogP contribution in [0.25, 0.3) is 32.3 Å². The molecule has 2 aliphatic heterocycles. The predicted octanol–water partition coefficient (Wildman–Crippen LogP) is 4.77. The molecule has 10 heteroatoms. The number of hydrogen-bond donors (Lipinski definition) is 0. The number of aromatic nitrogens is 3. The van der Waals surface area contributed by atoms with Gasteiger partial charge in [-0.05, 0) is 50.9 Å². The van der Waals surface area contributed by atoms with Crippen molar-refractivity contribution < 1.29 is 13.9 Å². The lowest BCUT2D eigenvalue weighted by atomic mass is 10.1. The molecular formula is C32H34FN7O2. The Hall–Kier alpha value is -4.49. The summed E-state index contributed by atoms with van der Waals surface area (Å²) in [5, 5.41) is 3.08. The number of amides is 1. The van der Waals surface area contributed by atoms with Crippen LogP contribution >= 0.6 is 0 Å².